The highest BCUT2D eigenvalue weighted by Gasteiger charge is 2.61. The summed E-state index contributed by atoms with van der Waals surface area (Å²) in [5.41, 5.74) is 1.60. The van der Waals surface area contributed by atoms with E-state index in [1.807, 2.05) is 12.1 Å². The third-order valence-corrected chi connectivity index (χ3v) is 5.60. The average molecular weight is 329 g/mol. The average Bonchev–Trinajstić information content (AvgIpc) is 2.75. The quantitative estimate of drug-likeness (QED) is 0.707. The SMILES string of the molecule is O=C1C=C(Cl)C2(C=C1Cl)O[C@H]1c3cccc4cccc(c34)[C@H]12. The van der Waals surface area contributed by atoms with Gasteiger partial charge < -0.3 is 4.74 Å². The van der Waals surface area contributed by atoms with E-state index in [4.69, 9.17) is 27.9 Å². The van der Waals surface area contributed by atoms with Crippen LogP contribution in [0.3, 0.4) is 0 Å². The third-order valence-electron chi connectivity index (χ3n) is 4.91. The summed E-state index contributed by atoms with van der Waals surface area (Å²) in [5, 5.41) is 3.02. The van der Waals surface area contributed by atoms with E-state index in [1.54, 1.807) is 6.08 Å². The zero-order chi connectivity index (χ0) is 15.1. The fraction of sp³-hybridized carbons (Fsp3) is 0.167. The number of hydrogen-bond acceptors (Lipinski definition) is 2. The van der Waals surface area contributed by atoms with Crippen molar-refractivity contribution in [1.29, 1.82) is 0 Å². The van der Waals surface area contributed by atoms with Crippen molar-refractivity contribution in [3.05, 3.63) is 69.7 Å². The van der Waals surface area contributed by atoms with E-state index in [0.29, 0.717) is 5.03 Å². The second kappa shape index (κ2) is 4.02. The summed E-state index contributed by atoms with van der Waals surface area (Å²) in [4.78, 5) is 11.7. The molecule has 0 N–H and O–H groups in total. The van der Waals surface area contributed by atoms with Crippen molar-refractivity contribution >= 4 is 39.8 Å². The molecule has 1 unspecified atom stereocenters. The molecule has 1 spiro atoms. The first-order valence-electron chi connectivity index (χ1n) is 7.11. The minimum absolute atomic E-state index is 0.0304. The lowest BCUT2D eigenvalue weighted by atomic mass is 9.73. The van der Waals surface area contributed by atoms with Crippen molar-refractivity contribution in [3.8, 4) is 0 Å². The monoisotopic (exact) mass is 328 g/mol. The van der Waals surface area contributed by atoms with Gasteiger partial charge in [0.15, 0.2) is 5.78 Å². The molecule has 3 aliphatic rings. The van der Waals surface area contributed by atoms with Gasteiger partial charge in [-0.1, -0.05) is 59.6 Å². The Hall–Kier alpha value is -1.61. The minimum atomic E-state index is -0.801. The van der Waals surface area contributed by atoms with E-state index >= 15 is 0 Å². The van der Waals surface area contributed by atoms with Gasteiger partial charge in [0.05, 0.1) is 22.1 Å². The molecule has 2 aromatic rings. The van der Waals surface area contributed by atoms with Crippen LogP contribution in [-0.2, 0) is 9.53 Å². The number of ketones is 1. The van der Waals surface area contributed by atoms with Crippen LogP contribution in [0.5, 0.6) is 0 Å². The molecule has 2 aromatic carbocycles. The van der Waals surface area contributed by atoms with Crippen LogP contribution in [0.1, 0.15) is 23.1 Å². The number of halogens is 2. The maximum absolute atomic E-state index is 11.7. The number of allylic oxidation sites excluding steroid dienone is 2. The molecular weight excluding hydrogens is 319 g/mol. The van der Waals surface area contributed by atoms with Crippen LogP contribution in [0.2, 0.25) is 0 Å². The summed E-state index contributed by atoms with van der Waals surface area (Å²) in [5.74, 6) is -0.197. The van der Waals surface area contributed by atoms with Crippen molar-refractivity contribution in [2.45, 2.75) is 17.6 Å². The first-order chi connectivity index (χ1) is 10.6. The summed E-state index contributed by atoms with van der Waals surface area (Å²) in [6.45, 7) is 0. The molecule has 2 nitrogen and oxygen atoms in total. The van der Waals surface area contributed by atoms with Gasteiger partial charge in [-0.15, -0.1) is 0 Å². The Morgan fingerprint density at radius 1 is 1.05 bits per heavy atom. The number of fused-ring (bicyclic) bond motifs is 4. The number of ether oxygens (including phenoxy) is 1. The molecule has 108 valence electrons. The van der Waals surface area contributed by atoms with Gasteiger partial charge in [-0.05, 0) is 28.0 Å². The third kappa shape index (κ3) is 1.34. The second-order valence-electron chi connectivity index (χ2n) is 5.95. The van der Waals surface area contributed by atoms with Gasteiger partial charge in [0.1, 0.15) is 5.60 Å². The molecule has 0 bridgehead atoms. The zero-order valence-electron chi connectivity index (χ0n) is 11.3. The number of hydrogen-bond donors (Lipinski definition) is 0. The van der Waals surface area contributed by atoms with E-state index in [2.05, 4.69) is 24.3 Å². The fourth-order valence-corrected chi connectivity index (χ4v) is 4.52. The van der Waals surface area contributed by atoms with Gasteiger partial charge in [-0.2, -0.15) is 0 Å². The van der Waals surface area contributed by atoms with Gasteiger partial charge in [-0.3, -0.25) is 4.79 Å². The van der Waals surface area contributed by atoms with Crippen molar-refractivity contribution < 1.29 is 9.53 Å². The number of rotatable bonds is 0. The summed E-state index contributed by atoms with van der Waals surface area (Å²) < 4.78 is 6.18. The molecule has 3 atom stereocenters. The summed E-state index contributed by atoms with van der Waals surface area (Å²) in [6.07, 6.45) is 3.02. The topological polar surface area (TPSA) is 26.3 Å². The van der Waals surface area contributed by atoms with E-state index in [-0.39, 0.29) is 22.8 Å². The Balaban J connectivity index is 1.76. The smallest absolute Gasteiger partial charge is 0.198 e. The zero-order valence-corrected chi connectivity index (χ0v) is 12.9. The summed E-state index contributed by atoms with van der Waals surface area (Å²) in [6, 6.07) is 12.5. The summed E-state index contributed by atoms with van der Waals surface area (Å²) in [7, 11) is 0. The predicted octanol–water partition coefficient (Wildman–Crippen LogP) is 4.58. The van der Waals surface area contributed by atoms with E-state index in [0.717, 1.165) is 0 Å². The first-order valence-corrected chi connectivity index (χ1v) is 7.87. The van der Waals surface area contributed by atoms with Crippen molar-refractivity contribution in [3.63, 3.8) is 0 Å². The Morgan fingerprint density at radius 3 is 2.55 bits per heavy atom. The standard InChI is InChI=1S/C18H10Cl2O2/c19-12-8-18(14(20)7-13(12)21)16-10-5-1-3-9-4-2-6-11(15(9)10)17(16)22-18/h1-8,16-17H/t16-,17+,18?/m1/s1. The molecule has 0 aromatic heterocycles. The highest BCUT2D eigenvalue weighted by molar-refractivity contribution is 6.46. The van der Waals surface area contributed by atoms with E-state index in [9.17, 15) is 4.79 Å². The van der Waals surface area contributed by atoms with Crippen LogP contribution in [0.15, 0.2) is 58.6 Å². The van der Waals surface area contributed by atoms with Crippen LogP contribution in [0, 0.1) is 0 Å². The maximum atomic E-state index is 11.7. The molecule has 0 radical (unpaired) electrons. The minimum Gasteiger partial charge on any atom is -0.356 e. The van der Waals surface area contributed by atoms with Crippen LogP contribution >= 0.6 is 23.2 Å². The van der Waals surface area contributed by atoms with Gasteiger partial charge in [-0.25, -0.2) is 0 Å². The molecule has 22 heavy (non-hydrogen) atoms. The molecule has 1 heterocycles. The lowest BCUT2D eigenvalue weighted by molar-refractivity contribution is -0.175. The van der Waals surface area contributed by atoms with Crippen LogP contribution < -0.4 is 0 Å². The molecule has 0 saturated carbocycles. The number of carbonyl (C=O) groups is 1. The van der Waals surface area contributed by atoms with E-state index in [1.165, 1.54) is 28.0 Å². The van der Waals surface area contributed by atoms with Crippen LogP contribution in [-0.4, -0.2) is 11.4 Å². The normalized spacial score (nSPS) is 31.8. The number of carbonyl (C=O) groups excluding carboxylic acids is 1. The van der Waals surface area contributed by atoms with Gasteiger partial charge in [0.25, 0.3) is 0 Å². The highest BCUT2D eigenvalue weighted by atomic mass is 35.5. The molecule has 1 aliphatic heterocycles. The van der Waals surface area contributed by atoms with Gasteiger partial charge in [0.2, 0.25) is 0 Å². The number of benzene rings is 2. The molecule has 1 fully saturated rings. The van der Waals surface area contributed by atoms with Gasteiger partial charge in [0, 0.05) is 6.08 Å². The Bertz CT molecular complexity index is 923. The second-order valence-corrected chi connectivity index (χ2v) is 6.77. The first kappa shape index (κ1) is 12.9. The predicted molar refractivity (Wildman–Crippen MR) is 86.1 cm³/mol. The molecule has 1 saturated heterocycles. The largest absolute Gasteiger partial charge is 0.356 e. The van der Waals surface area contributed by atoms with E-state index < -0.39 is 5.60 Å². The van der Waals surface area contributed by atoms with Gasteiger partial charge >= 0.3 is 0 Å². The highest BCUT2D eigenvalue weighted by Crippen LogP contribution is 2.65. The van der Waals surface area contributed by atoms with Crippen molar-refractivity contribution in [1.82, 2.24) is 0 Å². The Kier molecular flexibility index (Phi) is 2.35. The lowest BCUT2D eigenvalue weighted by Gasteiger charge is -2.52. The Morgan fingerprint density at radius 2 is 1.77 bits per heavy atom. The molecule has 2 aliphatic carbocycles. The summed E-state index contributed by atoms with van der Waals surface area (Å²) >= 11 is 12.5. The van der Waals surface area contributed by atoms with Crippen molar-refractivity contribution in [2.24, 2.45) is 0 Å². The van der Waals surface area contributed by atoms with Crippen LogP contribution in [0.4, 0.5) is 0 Å². The Labute approximate surface area is 137 Å². The van der Waals surface area contributed by atoms with Crippen LogP contribution in [0.25, 0.3) is 10.8 Å². The molecule has 5 rings (SSSR count). The molecular formula is C18H10Cl2O2. The lowest BCUT2D eigenvalue weighted by Crippen LogP contribution is -2.52. The molecule has 4 heteroatoms. The maximum Gasteiger partial charge on any atom is 0.198 e. The fourth-order valence-electron chi connectivity index (χ4n) is 3.99. The van der Waals surface area contributed by atoms with Crippen molar-refractivity contribution in [2.75, 3.05) is 0 Å². The molecule has 0 amide bonds.